The molecule has 1 saturated carbocycles. The quantitative estimate of drug-likeness (QED) is 0.910. The lowest BCUT2D eigenvalue weighted by molar-refractivity contribution is 0.234. The van der Waals surface area contributed by atoms with Gasteiger partial charge in [-0.25, -0.2) is 4.39 Å². The number of rotatable bonds is 4. The summed E-state index contributed by atoms with van der Waals surface area (Å²) in [6.45, 7) is 6.12. The van der Waals surface area contributed by atoms with Crippen molar-refractivity contribution in [3.63, 3.8) is 0 Å². The summed E-state index contributed by atoms with van der Waals surface area (Å²) in [4.78, 5) is 4.77. The highest BCUT2D eigenvalue weighted by Crippen LogP contribution is 2.26. The predicted octanol–water partition coefficient (Wildman–Crippen LogP) is 2.22. The molecule has 1 unspecified atom stereocenters. The van der Waals surface area contributed by atoms with Crippen LogP contribution < -0.4 is 10.2 Å². The maximum atomic E-state index is 13.5. The van der Waals surface area contributed by atoms with E-state index in [0.29, 0.717) is 12.1 Å². The Hall–Kier alpha value is -1.13. The molecule has 1 heterocycles. The second kappa shape index (κ2) is 5.70. The Kier molecular flexibility index (Phi) is 3.94. The molecule has 3 rings (SSSR count). The fourth-order valence-electron chi connectivity index (χ4n) is 2.81. The van der Waals surface area contributed by atoms with Crippen LogP contribution in [0.2, 0.25) is 0 Å². The maximum Gasteiger partial charge on any atom is 0.123 e. The average molecular weight is 277 g/mol. The zero-order chi connectivity index (χ0) is 14.1. The maximum absolute atomic E-state index is 13.5. The number of hydrogen-bond acceptors (Lipinski definition) is 3. The first-order valence-electron chi connectivity index (χ1n) is 7.60. The minimum Gasteiger partial charge on any atom is -0.368 e. The van der Waals surface area contributed by atoms with E-state index in [4.69, 9.17) is 0 Å². The fraction of sp³-hybridized carbons (Fsp3) is 0.625. The lowest BCUT2D eigenvalue weighted by atomic mass is 10.1. The van der Waals surface area contributed by atoms with Crippen LogP contribution >= 0.6 is 0 Å². The Morgan fingerprint density at radius 1 is 1.30 bits per heavy atom. The van der Waals surface area contributed by atoms with Gasteiger partial charge in [0.2, 0.25) is 0 Å². The van der Waals surface area contributed by atoms with Crippen LogP contribution in [0.3, 0.4) is 0 Å². The molecule has 3 nitrogen and oxygen atoms in total. The minimum absolute atomic E-state index is 0.136. The van der Waals surface area contributed by atoms with Gasteiger partial charge < -0.3 is 15.1 Å². The van der Waals surface area contributed by atoms with Crippen LogP contribution in [0.15, 0.2) is 18.2 Å². The molecule has 1 atom stereocenters. The second-order valence-corrected chi connectivity index (χ2v) is 6.20. The number of anilines is 1. The Morgan fingerprint density at radius 3 is 2.80 bits per heavy atom. The smallest absolute Gasteiger partial charge is 0.123 e. The van der Waals surface area contributed by atoms with Crippen molar-refractivity contribution in [2.45, 2.75) is 38.4 Å². The molecular formula is C16H24FN3. The molecule has 1 saturated heterocycles. The lowest BCUT2D eigenvalue weighted by Crippen LogP contribution is -2.50. The van der Waals surface area contributed by atoms with Crippen LogP contribution in [0.25, 0.3) is 0 Å². The Morgan fingerprint density at radius 2 is 2.10 bits per heavy atom. The monoisotopic (exact) mass is 277 g/mol. The third-order valence-corrected chi connectivity index (χ3v) is 4.50. The molecule has 2 fully saturated rings. The van der Waals surface area contributed by atoms with Gasteiger partial charge in [-0.1, -0.05) is 0 Å². The topological polar surface area (TPSA) is 18.5 Å². The molecule has 2 aliphatic rings. The van der Waals surface area contributed by atoms with E-state index in [1.807, 2.05) is 6.07 Å². The summed E-state index contributed by atoms with van der Waals surface area (Å²) in [5, 5.41) is 3.50. The van der Waals surface area contributed by atoms with Gasteiger partial charge in [0, 0.05) is 44.0 Å². The highest BCUT2D eigenvalue weighted by molar-refractivity contribution is 5.54. The third-order valence-electron chi connectivity index (χ3n) is 4.50. The third kappa shape index (κ3) is 3.13. The van der Waals surface area contributed by atoms with Crippen LogP contribution in [0.5, 0.6) is 0 Å². The first-order chi connectivity index (χ1) is 9.63. The Bertz CT molecular complexity index is 473. The number of likely N-dealkylation sites (N-methyl/N-ethyl adjacent to an activating group) is 1. The van der Waals surface area contributed by atoms with Gasteiger partial charge in [-0.2, -0.15) is 0 Å². The Balaban J connectivity index is 1.76. The van der Waals surface area contributed by atoms with E-state index in [2.05, 4.69) is 29.1 Å². The molecular weight excluding hydrogens is 253 g/mol. The van der Waals surface area contributed by atoms with Crippen molar-refractivity contribution in [3.8, 4) is 0 Å². The molecule has 1 aromatic carbocycles. The van der Waals surface area contributed by atoms with Crippen molar-refractivity contribution in [1.29, 1.82) is 0 Å². The first-order valence-corrected chi connectivity index (χ1v) is 7.60. The second-order valence-electron chi connectivity index (χ2n) is 6.20. The summed E-state index contributed by atoms with van der Waals surface area (Å²) in [6, 6.07) is 6.40. The summed E-state index contributed by atoms with van der Waals surface area (Å²) in [5.41, 5.74) is 2.29. The standard InChI is InChI=1S/C16H24FN3/c1-12-11-20(8-7-19(12)2)16-6-3-14(17)9-13(16)10-18-15-4-5-15/h3,6,9,12,15,18H,4-5,7-8,10-11H2,1-2H3. The van der Waals surface area contributed by atoms with Gasteiger partial charge in [-0.15, -0.1) is 0 Å². The summed E-state index contributed by atoms with van der Waals surface area (Å²) in [6.07, 6.45) is 2.52. The molecule has 20 heavy (non-hydrogen) atoms. The van der Waals surface area contributed by atoms with Crippen LogP contribution in [0.1, 0.15) is 25.3 Å². The van der Waals surface area contributed by atoms with Crippen molar-refractivity contribution in [2.24, 2.45) is 0 Å². The van der Waals surface area contributed by atoms with Crippen molar-refractivity contribution < 1.29 is 4.39 Å². The number of nitrogens with one attached hydrogen (secondary N) is 1. The van der Waals surface area contributed by atoms with E-state index in [0.717, 1.165) is 31.7 Å². The number of piperazine rings is 1. The van der Waals surface area contributed by atoms with Crippen LogP contribution in [-0.4, -0.2) is 43.7 Å². The van der Waals surface area contributed by atoms with Gasteiger partial charge in [0.05, 0.1) is 0 Å². The molecule has 110 valence electrons. The van der Waals surface area contributed by atoms with E-state index >= 15 is 0 Å². The number of hydrogen-bond donors (Lipinski definition) is 1. The normalized spacial score (nSPS) is 24.1. The largest absolute Gasteiger partial charge is 0.368 e. The number of halogens is 1. The van der Waals surface area contributed by atoms with Gasteiger partial charge >= 0.3 is 0 Å². The van der Waals surface area contributed by atoms with Crippen molar-refractivity contribution in [3.05, 3.63) is 29.6 Å². The summed E-state index contributed by atoms with van der Waals surface area (Å²) >= 11 is 0. The van der Waals surface area contributed by atoms with Gasteiger partial charge in [0.15, 0.2) is 0 Å². The molecule has 0 bridgehead atoms. The molecule has 0 radical (unpaired) electrons. The summed E-state index contributed by atoms with van der Waals surface area (Å²) in [5.74, 6) is -0.136. The summed E-state index contributed by atoms with van der Waals surface area (Å²) in [7, 11) is 2.17. The molecule has 4 heteroatoms. The molecule has 1 aliphatic carbocycles. The number of benzene rings is 1. The van der Waals surface area contributed by atoms with E-state index in [9.17, 15) is 4.39 Å². The molecule has 1 aromatic rings. The van der Waals surface area contributed by atoms with Crippen molar-refractivity contribution >= 4 is 5.69 Å². The van der Waals surface area contributed by atoms with Gasteiger partial charge in [-0.3, -0.25) is 0 Å². The number of nitrogens with zero attached hydrogens (tertiary/aromatic N) is 2. The molecule has 0 spiro atoms. The van der Waals surface area contributed by atoms with E-state index in [-0.39, 0.29) is 5.82 Å². The van der Waals surface area contributed by atoms with E-state index in [1.54, 1.807) is 12.1 Å². The average Bonchev–Trinajstić information content (AvgIpc) is 3.24. The van der Waals surface area contributed by atoms with Gasteiger partial charge in [-0.05, 0) is 50.6 Å². The van der Waals surface area contributed by atoms with Gasteiger partial charge in [0.25, 0.3) is 0 Å². The summed E-state index contributed by atoms with van der Waals surface area (Å²) < 4.78 is 13.5. The lowest BCUT2D eigenvalue weighted by Gasteiger charge is -2.39. The minimum atomic E-state index is -0.136. The van der Waals surface area contributed by atoms with Gasteiger partial charge in [0.1, 0.15) is 5.82 Å². The molecule has 1 aliphatic heterocycles. The highest BCUT2D eigenvalue weighted by Gasteiger charge is 2.24. The van der Waals surface area contributed by atoms with Crippen LogP contribution in [-0.2, 0) is 6.54 Å². The van der Waals surface area contributed by atoms with Crippen molar-refractivity contribution in [2.75, 3.05) is 31.6 Å². The Labute approximate surface area is 120 Å². The SMILES string of the molecule is CC1CN(c2ccc(F)cc2CNC2CC2)CCN1C. The van der Waals surface area contributed by atoms with E-state index in [1.165, 1.54) is 18.5 Å². The zero-order valence-corrected chi connectivity index (χ0v) is 12.4. The highest BCUT2D eigenvalue weighted by atomic mass is 19.1. The predicted molar refractivity (Wildman–Crippen MR) is 80.6 cm³/mol. The van der Waals surface area contributed by atoms with Crippen LogP contribution in [0, 0.1) is 5.82 Å². The molecule has 0 aromatic heterocycles. The first kappa shape index (κ1) is 13.8. The zero-order valence-electron chi connectivity index (χ0n) is 12.4. The van der Waals surface area contributed by atoms with Crippen molar-refractivity contribution in [1.82, 2.24) is 10.2 Å². The molecule has 1 N–H and O–H groups in total. The van der Waals surface area contributed by atoms with Crippen LogP contribution in [0.4, 0.5) is 10.1 Å². The fourth-order valence-corrected chi connectivity index (χ4v) is 2.81. The van der Waals surface area contributed by atoms with E-state index < -0.39 is 0 Å². The molecule has 0 amide bonds.